The predicted molar refractivity (Wildman–Crippen MR) is 130 cm³/mol. The first kappa shape index (κ1) is 24.8. The van der Waals surface area contributed by atoms with E-state index in [0.717, 1.165) is 0 Å². The summed E-state index contributed by atoms with van der Waals surface area (Å²) in [6, 6.07) is 5.96. The number of nitrogens with zero attached hydrogens (tertiary/aromatic N) is 7. The van der Waals surface area contributed by atoms with Crippen molar-refractivity contribution in [3.8, 4) is 28.5 Å². The normalized spacial score (nSPS) is 11.3. The van der Waals surface area contributed by atoms with Gasteiger partial charge in [-0.25, -0.2) is 9.50 Å². The van der Waals surface area contributed by atoms with Crippen LogP contribution >= 0.6 is 0 Å². The number of alkyl halides is 2. The lowest BCUT2D eigenvalue weighted by molar-refractivity contribution is -0.0494. The third-order valence-corrected chi connectivity index (χ3v) is 5.48. The van der Waals surface area contributed by atoms with Crippen molar-refractivity contribution in [2.24, 2.45) is 7.05 Å². The van der Waals surface area contributed by atoms with Crippen LogP contribution in [0.15, 0.2) is 55.2 Å². The van der Waals surface area contributed by atoms with Crippen LogP contribution in [-0.2, 0) is 13.6 Å². The van der Waals surface area contributed by atoms with Crippen molar-refractivity contribution in [3.05, 3.63) is 66.5 Å². The second kappa shape index (κ2) is 10.3. The minimum absolute atomic E-state index is 0.0934. The van der Waals surface area contributed by atoms with Gasteiger partial charge in [-0.05, 0) is 31.2 Å². The highest BCUT2D eigenvalue weighted by Crippen LogP contribution is 2.39. The molecule has 0 radical (unpaired) electrons. The zero-order chi connectivity index (χ0) is 26.8. The first-order valence-corrected chi connectivity index (χ1v) is 11.4. The standard InChI is InChI=1S/C24H22F2N8O4/c1-14-20(13-33(30-14)8-9-35)37-15-4-5-19(38-24(25)26)16(10-15)21-18(12-32(2)31-21)29-23(36)17-11-28-34-7-3-6-27-22(17)34/h3-7,10-13,24,35H,8-9H2,1-2H3,(H,29,36). The Morgan fingerprint density at radius 2 is 2.05 bits per heavy atom. The van der Waals surface area contributed by atoms with E-state index in [2.05, 4.69) is 25.6 Å². The number of aryl methyl sites for hydroxylation is 2. The number of anilines is 1. The maximum Gasteiger partial charge on any atom is 0.387 e. The summed E-state index contributed by atoms with van der Waals surface area (Å²) < 4.78 is 41.6. The van der Waals surface area contributed by atoms with Gasteiger partial charge in [-0.15, -0.1) is 0 Å². The number of aliphatic hydroxyl groups excluding tert-OH is 1. The molecule has 0 aliphatic carbocycles. The van der Waals surface area contributed by atoms with Crippen molar-refractivity contribution in [3.63, 3.8) is 0 Å². The summed E-state index contributed by atoms with van der Waals surface area (Å²) in [7, 11) is 1.63. The van der Waals surface area contributed by atoms with Crippen LogP contribution in [-0.4, -0.2) is 58.4 Å². The quantitative estimate of drug-likeness (QED) is 0.300. The second-order valence-electron chi connectivity index (χ2n) is 8.17. The largest absolute Gasteiger partial charge is 0.454 e. The summed E-state index contributed by atoms with van der Waals surface area (Å²) in [5.74, 6) is 0.0422. The van der Waals surface area contributed by atoms with E-state index in [-0.39, 0.29) is 41.4 Å². The smallest absolute Gasteiger partial charge is 0.387 e. The van der Waals surface area contributed by atoms with Gasteiger partial charge in [-0.1, -0.05) is 0 Å². The fourth-order valence-corrected chi connectivity index (χ4v) is 3.86. The Morgan fingerprint density at radius 1 is 1.21 bits per heavy atom. The molecule has 0 fully saturated rings. The molecule has 0 aliphatic heterocycles. The SMILES string of the molecule is Cc1nn(CCO)cc1Oc1ccc(OC(F)F)c(-c2nn(C)cc2NC(=O)c2cnn3cccnc23)c1. The Bertz CT molecular complexity index is 1610. The molecule has 0 bridgehead atoms. The van der Waals surface area contributed by atoms with E-state index in [9.17, 15) is 13.6 Å². The third-order valence-electron chi connectivity index (χ3n) is 5.48. The molecule has 2 N–H and O–H groups in total. The molecule has 38 heavy (non-hydrogen) atoms. The third kappa shape index (κ3) is 5.01. The van der Waals surface area contributed by atoms with Gasteiger partial charge >= 0.3 is 6.61 Å². The van der Waals surface area contributed by atoms with Gasteiger partial charge in [0.05, 0.1) is 36.8 Å². The fraction of sp³-hybridized carbons (Fsp3) is 0.208. The lowest BCUT2D eigenvalue weighted by atomic mass is 10.1. The molecule has 0 atom stereocenters. The molecule has 5 rings (SSSR count). The van der Waals surface area contributed by atoms with E-state index >= 15 is 0 Å². The molecule has 4 aromatic heterocycles. The van der Waals surface area contributed by atoms with Crippen LogP contribution in [0.4, 0.5) is 14.5 Å². The molecule has 0 spiro atoms. The Balaban J connectivity index is 1.51. The second-order valence-corrected chi connectivity index (χ2v) is 8.17. The first-order chi connectivity index (χ1) is 18.3. The van der Waals surface area contributed by atoms with E-state index < -0.39 is 12.5 Å². The van der Waals surface area contributed by atoms with Crippen LogP contribution in [0.25, 0.3) is 16.9 Å². The highest BCUT2D eigenvalue weighted by atomic mass is 19.3. The van der Waals surface area contributed by atoms with Gasteiger partial charge in [0.2, 0.25) is 0 Å². The number of ether oxygens (including phenoxy) is 2. The van der Waals surface area contributed by atoms with Crippen molar-refractivity contribution in [2.75, 3.05) is 11.9 Å². The number of nitrogens with one attached hydrogen (secondary N) is 1. The molecule has 0 saturated heterocycles. The number of amides is 1. The highest BCUT2D eigenvalue weighted by molar-refractivity contribution is 6.09. The molecule has 4 heterocycles. The number of benzene rings is 1. The number of fused-ring (bicyclic) bond motifs is 1. The number of carbonyl (C=O) groups excluding carboxylic acids is 1. The summed E-state index contributed by atoms with van der Waals surface area (Å²) in [6.45, 7) is -1.16. The number of rotatable bonds is 9. The molecule has 0 saturated carbocycles. The number of carbonyl (C=O) groups is 1. The number of aliphatic hydroxyl groups is 1. The van der Waals surface area contributed by atoms with Crippen LogP contribution in [0.2, 0.25) is 0 Å². The van der Waals surface area contributed by atoms with Gasteiger partial charge in [0, 0.05) is 25.6 Å². The average molecular weight is 524 g/mol. The molecule has 1 aromatic carbocycles. The van der Waals surface area contributed by atoms with Crippen molar-refractivity contribution in [2.45, 2.75) is 20.1 Å². The fourth-order valence-electron chi connectivity index (χ4n) is 3.86. The van der Waals surface area contributed by atoms with E-state index in [4.69, 9.17) is 14.6 Å². The Labute approximate surface area is 214 Å². The van der Waals surface area contributed by atoms with Crippen molar-refractivity contribution < 1.29 is 28.2 Å². The number of hydrogen-bond donors (Lipinski definition) is 2. The molecule has 12 nitrogen and oxygen atoms in total. The first-order valence-electron chi connectivity index (χ1n) is 11.4. The van der Waals surface area contributed by atoms with E-state index in [1.54, 1.807) is 32.4 Å². The van der Waals surface area contributed by atoms with Crippen molar-refractivity contribution in [1.29, 1.82) is 0 Å². The molecule has 1 amide bonds. The molecule has 5 aromatic rings. The van der Waals surface area contributed by atoms with Gasteiger partial charge in [0.1, 0.15) is 28.5 Å². The van der Waals surface area contributed by atoms with Crippen LogP contribution in [0.1, 0.15) is 16.1 Å². The molecular formula is C24H22F2N8O4. The number of hydrogen-bond acceptors (Lipinski definition) is 8. The lowest BCUT2D eigenvalue weighted by Gasteiger charge is -2.13. The number of halogens is 2. The average Bonchev–Trinajstić information content (AvgIpc) is 3.56. The number of aromatic nitrogens is 7. The maximum atomic E-state index is 13.2. The van der Waals surface area contributed by atoms with Gasteiger partial charge < -0.3 is 19.9 Å². The molecule has 14 heteroatoms. The van der Waals surface area contributed by atoms with Crippen LogP contribution in [0.5, 0.6) is 17.2 Å². The summed E-state index contributed by atoms with van der Waals surface area (Å²) in [5.41, 5.74) is 1.73. The molecule has 196 valence electrons. The van der Waals surface area contributed by atoms with Crippen LogP contribution in [0.3, 0.4) is 0 Å². The zero-order valence-corrected chi connectivity index (χ0v) is 20.2. The molecular weight excluding hydrogens is 502 g/mol. The predicted octanol–water partition coefficient (Wildman–Crippen LogP) is 3.27. The van der Waals surface area contributed by atoms with Crippen molar-refractivity contribution >= 4 is 17.2 Å². The Morgan fingerprint density at radius 3 is 2.84 bits per heavy atom. The monoisotopic (exact) mass is 524 g/mol. The van der Waals surface area contributed by atoms with Crippen LogP contribution < -0.4 is 14.8 Å². The van der Waals surface area contributed by atoms with E-state index in [0.29, 0.717) is 22.8 Å². The van der Waals surface area contributed by atoms with E-state index in [1.165, 1.54) is 50.7 Å². The maximum absolute atomic E-state index is 13.2. The molecule has 0 aliphatic rings. The summed E-state index contributed by atoms with van der Waals surface area (Å²) >= 11 is 0. The van der Waals surface area contributed by atoms with Gasteiger partial charge in [-0.3, -0.25) is 14.2 Å². The van der Waals surface area contributed by atoms with Gasteiger partial charge in [0.25, 0.3) is 5.91 Å². The van der Waals surface area contributed by atoms with E-state index in [1.807, 2.05) is 0 Å². The highest BCUT2D eigenvalue weighted by Gasteiger charge is 2.22. The topological polar surface area (TPSA) is 134 Å². The minimum atomic E-state index is -3.09. The Hall–Kier alpha value is -4.85. The summed E-state index contributed by atoms with van der Waals surface area (Å²) in [4.78, 5) is 17.3. The molecule has 0 unspecified atom stereocenters. The summed E-state index contributed by atoms with van der Waals surface area (Å²) in [6.07, 6.45) is 7.73. The van der Waals surface area contributed by atoms with Gasteiger partial charge in [0.15, 0.2) is 11.4 Å². The van der Waals surface area contributed by atoms with Gasteiger partial charge in [-0.2, -0.15) is 24.1 Å². The Kier molecular flexibility index (Phi) is 6.70. The van der Waals surface area contributed by atoms with Crippen LogP contribution in [0, 0.1) is 6.92 Å². The lowest BCUT2D eigenvalue weighted by Crippen LogP contribution is -2.12. The zero-order valence-electron chi connectivity index (χ0n) is 20.2. The van der Waals surface area contributed by atoms with Crippen molar-refractivity contribution in [1.82, 2.24) is 34.2 Å². The minimum Gasteiger partial charge on any atom is -0.454 e. The summed E-state index contributed by atoms with van der Waals surface area (Å²) in [5, 5.41) is 24.7.